The summed E-state index contributed by atoms with van der Waals surface area (Å²) >= 11 is 5.98. The van der Waals surface area contributed by atoms with Gasteiger partial charge in [-0.25, -0.2) is 14.8 Å². The Morgan fingerprint density at radius 2 is 2.00 bits per heavy atom. The zero-order valence-electron chi connectivity index (χ0n) is 13.2. The Bertz CT molecular complexity index is 553. The van der Waals surface area contributed by atoms with Crippen molar-refractivity contribution in [3.63, 3.8) is 0 Å². The third-order valence-corrected chi connectivity index (χ3v) is 3.43. The average Bonchev–Trinajstić information content (AvgIpc) is 2.34. The summed E-state index contributed by atoms with van der Waals surface area (Å²) in [6.45, 7) is 10.8. The first-order valence-corrected chi connectivity index (χ1v) is 7.58. The smallest absolute Gasteiger partial charge is 0.410 e. The molecule has 2 rings (SSSR count). The Balaban J connectivity index is 2.25. The number of fused-ring (bicyclic) bond motifs is 1. The first kappa shape index (κ1) is 16.0. The van der Waals surface area contributed by atoms with Crippen molar-refractivity contribution in [2.24, 2.45) is 0 Å². The van der Waals surface area contributed by atoms with Gasteiger partial charge in [0.1, 0.15) is 5.60 Å². The van der Waals surface area contributed by atoms with E-state index in [0.717, 1.165) is 17.0 Å². The van der Waals surface area contributed by atoms with Gasteiger partial charge in [0.15, 0.2) is 0 Å². The molecule has 0 fully saturated rings. The lowest BCUT2D eigenvalue weighted by molar-refractivity contribution is 0.0221. The molecule has 1 aromatic heterocycles. The summed E-state index contributed by atoms with van der Waals surface area (Å²) in [6.07, 6.45) is 0.383. The van der Waals surface area contributed by atoms with Crippen LogP contribution in [0.3, 0.4) is 0 Å². The van der Waals surface area contributed by atoms with E-state index in [-0.39, 0.29) is 17.3 Å². The van der Waals surface area contributed by atoms with Crippen molar-refractivity contribution in [2.75, 3.05) is 6.54 Å². The van der Waals surface area contributed by atoms with Crippen LogP contribution in [0, 0.1) is 0 Å². The summed E-state index contributed by atoms with van der Waals surface area (Å²) < 4.78 is 5.44. The summed E-state index contributed by atoms with van der Waals surface area (Å²) in [5.41, 5.74) is 2.37. The van der Waals surface area contributed by atoms with Crippen molar-refractivity contribution < 1.29 is 9.53 Å². The highest BCUT2D eigenvalue weighted by Crippen LogP contribution is 2.27. The minimum atomic E-state index is -0.491. The van der Waals surface area contributed by atoms with Crippen LogP contribution < -0.4 is 0 Å². The summed E-state index contributed by atoms with van der Waals surface area (Å²) in [5, 5.41) is 0.281. The van der Waals surface area contributed by atoms with Gasteiger partial charge in [-0.2, -0.15) is 0 Å². The Labute approximate surface area is 130 Å². The quantitative estimate of drug-likeness (QED) is 0.744. The van der Waals surface area contributed by atoms with Gasteiger partial charge in [-0.1, -0.05) is 13.8 Å². The number of hydrogen-bond donors (Lipinski definition) is 0. The van der Waals surface area contributed by atoms with Crippen molar-refractivity contribution in [3.05, 3.63) is 22.2 Å². The maximum atomic E-state index is 12.2. The summed E-state index contributed by atoms with van der Waals surface area (Å²) in [4.78, 5) is 22.5. The van der Waals surface area contributed by atoms with Crippen LogP contribution in [-0.2, 0) is 17.7 Å². The normalized spacial score (nSPS) is 15.1. The molecule has 0 saturated heterocycles. The third kappa shape index (κ3) is 3.84. The number of ether oxygens (including phenoxy) is 1. The topological polar surface area (TPSA) is 55.3 Å². The van der Waals surface area contributed by atoms with E-state index in [1.165, 1.54) is 0 Å². The van der Waals surface area contributed by atoms with Crippen LogP contribution in [0.5, 0.6) is 0 Å². The lowest BCUT2D eigenvalue weighted by Crippen LogP contribution is -2.40. The molecule has 0 saturated carbocycles. The molecule has 1 amide bonds. The van der Waals surface area contributed by atoms with Gasteiger partial charge >= 0.3 is 6.09 Å². The van der Waals surface area contributed by atoms with E-state index in [1.807, 2.05) is 20.8 Å². The highest BCUT2D eigenvalue weighted by molar-refractivity contribution is 6.28. The zero-order chi connectivity index (χ0) is 15.8. The molecule has 1 aliphatic rings. The number of aromatic nitrogens is 2. The Kier molecular flexibility index (Phi) is 4.42. The monoisotopic (exact) mass is 311 g/mol. The third-order valence-electron chi connectivity index (χ3n) is 3.26. The van der Waals surface area contributed by atoms with Crippen molar-refractivity contribution in [1.82, 2.24) is 14.9 Å². The van der Waals surface area contributed by atoms with E-state index >= 15 is 0 Å². The van der Waals surface area contributed by atoms with Gasteiger partial charge in [0.05, 0.1) is 17.9 Å². The zero-order valence-corrected chi connectivity index (χ0v) is 14.0. The molecule has 0 aliphatic carbocycles. The summed E-state index contributed by atoms with van der Waals surface area (Å²) in [5.74, 6) is 0.234. The minimum Gasteiger partial charge on any atom is -0.444 e. The largest absolute Gasteiger partial charge is 0.444 e. The van der Waals surface area contributed by atoms with Crippen LogP contribution in [0.15, 0.2) is 0 Å². The Morgan fingerprint density at radius 3 is 2.57 bits per heavy atom. The first-order chi connectivity index (χ1) is 9.67. The molecule has 0 N–H and O–H groups in total. The Morgan fingerprint density at radius 1 is 1.33 bits per heavy atom. The number of carbonyl (C=O) groups is 1. The van der Waals surface area contributed by atoms with Crippen molar-refractivity contribution in [1.29, 1.82) is 0 Å². The van der Waals surface area contributed by atoms with Crippen LogP contribution in [0.25, 0.3) is 0 Å². The number of amides is 1. The standard InChI is InChI=1S/C15H22ClN3O2/c1-9(2)12-10-8-19(14(20)21-15(3,4)5)7-6-11(10)17-13(16)18-12/h9H,6-8H2,1-5H3. The average molecular weight is 312 g/mol. The second kappa shape index (κ2) is 5.79. The van der Waals surface area contributed by atoms with Crippen molar-refractivity contribution >= 4 is 17.7 Å². The molecular weight excluding hydrogens is 290 g/mol. The number of hydrogen-bond acceptors (Lipinski definition) is 4. The fourth-order valence-electron chi connectivity index (χ4n) is 2.37. The molecule has 1 aromatic rings. The molecule has 0 radical (unpaired) electrons. The molecule has 0 spiro atoms. The van der Waals surface area contributed by atoms with Gasteiger partial charge < -0.3 is 9.64 Å². The minimum absolute atomic E-state index is 0.234. The van der Waals surface area contributed by atoms with Gasteiger partial charge in [-0.3, -0.25) is 0 Å². The number of halogens is 1. The van der Waals surface area contributed by atoms with Gasteiger partial charge in [0.2, 0.25) is 5.28 Å². The van der Waals surface area contributed by atoms with E-state index < -0.39 is 5.60 Å². The number of rotatable bonds is 1. The van der Waals surface area contributed by atoms with E-state index in [9.17, 15) is 4.79 Å². The molecule has 2 heterocycles. The first-order valence-electron chi connectivity index (χ1n) is 7.20. The second-order valence-electron chi connectivity index (χ2n) is 6.61. The molecule has 5 nitrogen and oxygen atoms in total. The molecule has 116 valence electrons. The van der Waals surface area contributed by atoms with Gasteiger partial charge in [0, 0.05) is 18.5 Å². The van der Waals surface area contributed by atoms with Crippen LogP contribution in [0.1, 0.15) is 57.5 Å². The van der Waals surface area contributed by atoms with Crippen LogP contribution in [-0.4, -0.2) is 33.1 Å². The van der Waals surface area contributed by atoms with Crippen LogP contribution in [0.2, 0.25) is 5.28 Å². The van der Waals surface area contributed by atoms with E-state index in [0.29, 0.717) is 19.5 Å². The molecule has 0 bridgehead atoms. The SMILES string of the molecule is CC(C)c1nc(Cl)nc2c1CN(C(=O)OC(C)(C)C)CC2. The molecule has 6 heteroatoms. The Hall–Kier alpha value is -1.36. The summed E-state index contributed by atoms with van der Waals surface area (Å²) in [7, 11) is 0. The van der Waals surface area contributed by atoms with E-state index in [4.69, 9.17) is 16.3 Å². The van der Waals surface area contributed by atoms with Crippen molar-refractivity contribution in [2.45, 2.75) is 59.1 Å². The van der Waals surface area contributed by atoms with Crippen molar-refractivity contribution in [3.8, 4) is 0 Å². The highest BCUT2D eigenvalue weighted by Gasteiger charge is 2.29. The van der Waals surface area contributed by atoms with E-state index in [1.54, 1.807) is 4.90 Å². The van der Waals surface area contributed by atoms with Gasteiger partial charge in [-0.15, -0.1) is 0 Å². The molecule has 0 atom stereocenters. The number of carbonyl (C=O) groups excluding carboxylic acids is 1. The molecular formula is C15H22ClN3O2. The molecule has 0 aromatic carbocycles. The molecule has 0 unspecified atom stereocenters. The molecule has 21 heavy (non-hydrogen) atoms. The predicted molar refractivity (Wildman–Crippen MR) is 81.5 cm³/mol. The number of nitrogens with zero attached hydrogens (tertiary/aromatic N) is 3. The van der Waals surface area contributed by atoms with Crippen LogP contribution >= 0.6 is 11.6 Å². The second-order valence-corrected chi connectivity index (χ2v) is 6.95. The maximum absolute atomic E-state index is 12.2. The van der Waals surface area contributed by atoms with E-state index in [2.05, 4.69) is 23.8 Å². The maximum Gasteiger partial charge on any atom is 0.410 e. The lowest BCUT2D eigenvalue weighted by atomic mass is 9.98. The van der Waals surface area contributed by atoms with Gasteiger partial charge in [-0.05, 0) is 38.3 Å². The highest BCUT2D eigenvalue weighted by atomic mass is 35.5. The van der Waals surface area contributed by atoms with Crippen LogP contribution in [0.4, 0.5) is 4.79 Å². The predicted octanol–water partition coefficient (Wildman–Crippen LogP) is 3.55. The van der Waals surface area contributed by atoms with Gasteiger partial charge in [0.25, 0.3) is 0 Å². The summed E-state index contributed by atoms with van der Waals surface area (Å²) in [6, 6.07) is 0. The lowest BCUT2D eigenvalue weighted by Gasteiger charge is -2.32. The fourth-order valence-corrected chi connectivity index (χ4v) is 2.56. The fraction of sp³-hybridized carbons (Fsp3) is 0.667. The molecule has 1 aliphatic heterocycles.